The van der Waals surface area contributed by atoms with Gasteiger partial charge in [-0.2, -0.15) is 0 Å². The average molecular weight is 576 g/mol. The van der Waals surface area contributed by atoms with Gasteiger partial charge in [-0.25, -0.2) is 19.8 Å². The van der Waals surface area contributed by atoms with Crippen LogP contribution in [0.1, 0.15) is 32.0 Å². The highest BCUT2D eigenvalue weighted by atomic mass is 16.5. The number of amides is 1. The van der Waals surface area contributed by atoms with Crippen LogP contribution >= 0.6 is 0 Å². The number of aromatic nitrogens is 5. The lowest BCUT2D eigenvalue weighted by atomic mass is 10.2. The minimum Gasteiger partial charge on any atom is -0.377 e. The largest absolute Gasteiger partial charge is 0.377 e. The summed E-state index contributed by atoms with van der Waals surface area (Å²) in [6, 6.07) is 4.18. The highest BCUT2D eigenvalue weighted by Gasteiger charge is 2.45. The van der Waals surface area contributed by atoms with Crippen molar-refractivity contribution in [1.82, 2.24) is 28.6 Å². The number of pyridine rings is 1. The van der Waals surface area contributed by atoms with Crippen molar-refractivity contribution < 1.29 is 14.3 Å². The van der Waals surface area contributed by atoms with Gasteiger partial charge in [0.05, 0.1) is 24.8 Å². The van der Waals surface area contributed by atoms with Crippen molar-refractivity contribution in [3.8, 4) is 0 Å². The van der Waals surface area contributed by atoms with Gasteiger partial charge in [0.15, 0.2) is 16.9 Å². The Morgan fingerprint density at radius 1 is 1.26 bits per heavy atom. The van der Waals surface area contributed by atoms with Gasteiger partial charge < -0.3 is 19.5 Å². The van der Waals surface area contributed by atoms with E-state index in [1.54, 1.807) is 31.3 Å². The molecule has 5 rings (SSSR count). The highest BCUT2D eigenvalue weighted by Crippen LogP contribution is 2.44. The number of nitrogens with zero attached hydrogens (tertiary/aromatic N) is 8. The number of imidazole rings is 1. The van der Waals surface area contributed by atoms with Crippen LogP contribution in [0.2, 0.25) is 0 Å². The number of aliphatic imine (C=N–C) groups is 2. The molecule has 3 aromatic heterocycles. The van der Waals surface area contributed by atoms with E-state index in [1.165, 1.54) is 31.5 Å². The van der Waals surface area contributed by atoms with Gasteiger partial charge in [0.2, 0.25) is 5.91 Å². The Bertz CT molecular complexity index is 1740. The molecule has 42 heavy (non-hydrogen) atoms. The van der Waals surface area contributed by atoms with E-state index in [-0.39, 0.29) is 23.6 Å². The van der Waals surface area contributed by atoms with E-state index in [1.807, 2.05) is 6.92 Å². The van der Waals surface area contributed by atoms with Gasteiger partial charge in [0.25, 0.3) is 5.56 Å². The van der Waals surface area contributed by atoms with E-state index in [2.05, 4.69) is 36.9 Å². The third-order valence-corrected chi connectivity index (χ3v) is 7.74. The Hall–Kier alpha value is -4.72. The molecular formula is C28H33N9O5. The topological polar surface area (TPSA) is 158 Å². The number of anilines is 1. The molecule has 1 saturated carbocycles. The smallest absolute Gasteiger partial charge is 0.332 e. The molecule has 0 aromatic carbocycles. The number of carbonyl (C=O) groups excluding carboxylic acids is 2. The Morgan fingerprint density at radius 3 is 2.69 bits per heavy atom. The number of fused-ring (bicyclic) bond motifs is 2. The first-order chi connectivity index (χ1) is 20.1. The molecule has 2 fully saturated rings. The molecule has 3 aromatic rings. The molecule has 0 bridgehead atoms. The van der Waals surface area contributed by atoms with Gasteiger partial charge in [-0.1, -0.05) is 6.07 Å². The van der Waals surface area contributed by atoms with Crippen LogP contribution in [0.15, 0.2) is 50.3 Å². The molecule has 0 radical (unpaired) electrons. The van der Waals surface area contributed by atoms with Gasteiger partial charge in [-0.3, -0.25) is 28.5 Å². The zero-order chi connectivity index (χ0) is 30.1. The molecule has 1 saturated heterocycles. The molecule has 0 spiro atoms. The Morgan fingerprint density at radius 2 is 2.00 bits per heavy atom. The molecule has 14 nitrogen and oxygen atoms in total. The number of hydrogen-bond acceptors (Lipinski definition) is 9. The normalized spacial score (nSPS) is 19.1. The zero-order valence-corrected chi connectivity index (χ0v) is 24.0. The van der Waals surface area contributed by atoms with Gasteiger partial charge in [0, 0.05) is 27.2 Å². The predicted octanol–water partition coefficient (Wildman–Crippen LogP) is 1.08. The zero-order valence-electron chi connectivity index (χ0n) is 24.0. The minimum absolute atomic E-state index is 0.0105. The Kier molecular flexibility index (Phi) is 7.98. The number of ether oxygens (including phenoxy) is 1. The summed E-state index contributed by atoms with van der Waals surface area (Å²) in [5.41, 5.74) is -0.402. The number of Topliss-reactive ketones (excluding diaryl/α,β-unsaturated/α-hetero) is 1. The third kappa shape index (κ3) is 5.57. The lowest BCUT2D eigenvalue weighted by molar-refractivity contribution is -0.123. The average Bonchev–Trinajstić information content (AvgIpc) is 3.35. The standard InChI is InChI=1S/C28H33N9O5/c1-16(37-15-31-25-24(37)27(40)36(28(41)34(25)4)13-20(38)14-42-5)26(39)33-23-8-6-7-21(32-23)22(29-3)10-30-17(2)35-11-18-9-19(18)12-35/h6-8,10,15-16,18-19H,3,9,11-14H2,1-2,4-5H3,(H,32,33,39)/b22-10-,30-17+/t16-,18?,19?/m0/s1. The molecule has 220 valence electrons. The lowest BCUT2D eigenvalue weighted by Crippen LogP contribution is -2.42. The van der Waals surface area contributed by atoms with Crippen LogP contribution in [-0.4, -0.2) is 79.6 Å². The van der Waals surface area contributed by atoms with E-state index < -0.39 is 35.5 Å². The first kappa shape index (κ1) is 28.8. The SMILES string of the molecule is C=N/C(=C\N=C(/C)N1CC2CC2C1)c1cccc(NC(=O)[C@H](C)n2cnc3c2c(=O)n(CC(=O)COC)c(=O)n3C)n1. The Balaban J connectivity index is 1.37. The lowest BCUT2D eigenvalue weighted by Gasteiger charge is -2.18. The first-order valence-corrected chi connectivity index (χ1v) is 13.5. The molecule has 1 amide bonds. The monoisotopic (exact) mass is 575 g/mol. The number of amidine groups is 1. The van der Waals surface area contributed by atoms with Crippen molar-refractivity contribution in [3.05, 3.63) is 57.3 Å². The summed E-state index contributed by atoms with van der Waals surface area (Å²) in [5, 5.41) is 2.76. The number of nitrogens with one attached hydrogen (secondary N) is 1. The first-order valence-electron chi connectivity index (χ1n) is 13.5. The maximum atomic E-state index is 13.3. The highest BCUT2D eigenvalue weighted by molar-refractivity contribution is 5.94. The van der Waals surface area contributed by atoms with E-state index in [0.717, 1.165) is 39.9 Å². The second-order valence-corrected chi connectivity index (χ2v) is 10.6. The number of hydrogen-bond donors (Lipinski definition) is 1. The van der Waals surface area contributed by atoms with Crippen LogP contribution in [-0.2, 0) is 27.9 Å². The van der Waals surface area contributed by atoms with Crippen LogP contribution in [0.5, 0.6) is 0 Å². The second-order valence-electron chi connectivity index (χ2n) is 10.6. The van der Waals surface area contributed by atoms with Crippen molar-refractivity contribution >= 4 is 46.9 Å². The summed E-state index contributed by atoms with van der Waals surface area (Å²) in [6.45, 7) is 8.55. The van der Waals surface area contributed by atoms with E-state index in [4.69, 9.17) is 4.74 Å². The quantitative estimate of drug-likeness (QED) is 0.278. The van der Waals surface area contributed by atoms with Crippen molar-refractivity contribution in [2.45, 2.75) is 32.9 Å². The van der Waals surface area contributed by atoms with E-state index in [9.17, 15) is 19.2 Å². The third-order valence-electron chi connectivity index (χ3n) is 7.74. The number of methoxy groups -OCH3 is 1. The van der Waals surface area contributed by atoms with E-state index >= 15 is 0 Å². The molecule has 4 heterocycles. The van der Waals surface area contributed by atoms with Gasteiger partial charge in [-0.15, -0.1) is 0 Å². The number of likely N-dealkylation sites (tertiary alicyclic amines) is 1. The van der Waals surface area contributed by atoms with E-state index in [0.29, 0.717) is 11.4 Å². The summed E-state index contributed by atoms with van der Waals surface area (Å²) in [5.74, 6) is 1.83. The van der Waals surface area contributed by atoms with Crippen LogP contribution in [0, 0.1) is 11.8 Å². The van der Waals surface area contributed by atoms with Crippen molar-refractivity contribution in [2.24, 2.45) is 28.9 Å². The number of piperidine rings is 1. The number of rotatable bonds is 10. The van der Waals surface area contributed by atoms with Crippen LogP contribution in [0.25, 0.3) is 16.9 Å². The summed E-state index contributed by atoms with van der Waals surface area (Å²) in [6.07, 6.45) is 4.24. The summed E-state index contributed by atoms with van der Waals surface area (Å²) < 4.78 is 8.15. The number of ketones is 1. The molecule has 1 N–H and O–H groups in total. The minimum atomic E-state index is -0.916. The number of carbonyl (C=O) groups is 2. The fraction of sp³-hybridized carbons (Fsp3) is 0.429. The van der Waals surface area contributed by atoms with Crippen molar-refractivity contribution in [3.63, 3.8) is 0 Å². The van der Waals surface area contributed by atoms with Gasteiger partial charge in [-0.05, 0) is 51.0 Å². The number of aryl methyl sites for hydroxylation is 1. The Labute approximate surface area is 241 Å². The summed E-state index contributed by atoms with van der Waals surface area (Å²) in [7, 11) is 2.79. The molecule has 2 aliphatic rings. The summed E-state index contributed by atoms with van der Waals surface area (Å²) in [4.78, 5) is 71.1. The fourth-order valence-corrected chi connectivity index (χ4v) is 5.20. The molecule has 14 heteroatoms. The maximum Gasteiger partial charge on any atom is 0.332 e. The van der Waals surface area contributed by atoms with Crippen LogP contribution in [0.3, 0.4) is 0 Å². The molecule has 1 aliphatic carbocycles. The van der Waals surface area contributed by atoms with Crippen LogP contribution in [0.4, 0.5) is 5.82 Å². The molecule has 2 unspecified atom stereocenters. The second kappa shape index (κ2) is 11.6. The predicted molar refractivity (Wildman–Crippen MR) is 157 cm³/mol. The molecule has 3 atom stereocenters. The van der Waals surface area contributed by atoms with Crippen molar-refractivity contribution in [2.75, 3.05) is 32.1 Å². The maximum absolute atomic E-state index is 13.3. The summed E-state index contributed by atoms with van der Waals surface area (Å²) >= 11 is 0. The van der Waals surface area contributed by atoms with Gasteiger partial charge >= 0.3 is 5.69 Å². The van der Waals surface area contributed by atoms with Gasteiger partial charge in [0.1, 0.15) is 30.0 Å². The molecular weight excluding hydrogens is 542 g/mol. The fourth-order valence-electron chi connectivity index (χ4n) is 5.20. The van der Waals surface area contributed by atoms with Crippen LogP contribution < -0.4 is 16.6 Å². The van der Waals surface area contributed by atoms with Crippen molar-refractivity contribution in [1.29, 1.82) is 0 Å². The molecule has 1 aliphatic heterocycles.